The molecule has 2 unspecified atom stereocenters. The van der Waals surface area contributed by atoms with E-state index in [1.54, 1.807) is 0 Å². The summed E-state index contributed by atoms with van der Waals surface area (Å²) < 4.78 is 2.12. The van der Waals surface area contributed by atoms with Gasteiger partial charge in [-0.1, -0.05) is 24.3 Å². The van der Waals surface area contributed by atoms with E-state index in [1.165, 1.54) is 11.1 Å². The Labute approximate surface area is 120 Å². The monoisotopic (exact) mass is 270 g/mol. The molecule has 2 atom stereocenters. The maximum absolute atomic E-state index is 4.10. The van der Waals surface area contributed by atoms with Crippen LogP contribution in [0.1, 0.15) is 30.5 Å². The van der Waals surface area contributed by atoms with E-state index < -0.39 is 0 Å². The van der Waals surface area contributed by atoms with Gasteiger partial charge in [0, 0.05) is 37.6 Å². The summed E-state index contributed by atoms with van der Waals surface area (Å²) in [6.07, 6.45) is 6.85. The first-order valence-electron chi connectivity index (χ1n) is 7.33. The molecule has 1 aliphatic heterocycles. The zero-order valence-corrected chi connectivity index (χ0v) is 11.9. The summed E-state index contributed by atoms with van der Waals surface area (Å²) in [7, 11) is 0. The van der Waals surface area contributed by atoms with Gasteiger partial charge >= 0.3 is 0 Å². The van der Waals surface area contributed by atoms with Crippen molar-refractivity contribution in [1.82, 2.24) is 20.2 Å². The van der Waals surface area contributed by atoms with Crippen molar-refractivity contribution >= 4 is 0 Å². The van der Waals surface area contributed by atoms with Gasteiger partial charge in [-0.3, -0.25) is 0 Å². The first kappa shape index (κ1) is 13.3. The van der Waals surface area contributed by atoms with E-state index in [1.807, 2.05) is 18.7 Å². The zero-order valence-electron chi connectivity index (χ0n) is 11.9. The number of fused-ring (bicyclic) bond motifs is 1. The smallest absolute Gasteiger partial charge is 0.0946 e. The molecular weight excluding hydrogens is 248 g/mol. The van der Waals surface area contributed by atoms with Crippen molar-refractivity contribution in [2.75, 3.05) is 6.54 Å². The van der Waals surface area contributed by atoms with Gasteiger partial charge in [0.15, 0.2) is 0 Å². The van der Waals surface area contributed by atoms with Crippen molar-refractivity contribution in [3.63, 3.8) is 0 Å². The predicted molar refractivity (Wildman–Crippen MR) is 80.3 cm³/mol. The molecule has 2 N–H and O–H groups in total. The van der Waals surface area contributed by atoms with Gasteiger partial charge in [-0.2, -0.15) is 0 Å². The van der Waals surface area contributed by atoms with Crippen LogP contribution < -0.4 is 10.6 Å². The average Bonchev–Trinajstić information content (AvgIpc) is 2.87. The van der Waals surface area contributed by atoms with Crippen molar-refractivity contribution in [2.45, 2.75) is 38.5 Å². The Balaban J connectivity index is 1.70. The van der Waals surface area contributed by atoms with Crippen LogP contribution in [0.2, 0.25) is 0 Å². The van der Waals surface area contributed by atoms with Gasteiger partial charge in [-0.15, -0.1) is 0 Å². The molecule has 0 saturated carbocycles. The Hall–Kier alpha value is -1.65. The molecule has 20 heavy (non-hydrogen) atoms. The van der Waals surface area contributed by atoms with Crippen molar-refractivity contribution < 1.29 is 0 Å². The maximum Gasteiger partial charge on any atom is 0.0946 e. The molecule has 2 aromatic rings. The molecule has 4 heteroatoms. The second-order valence-electron chi connectivity index (χ2n) is 5.54. The second kappa shape index (κ2) is 6.20. The molecule has 0 saturated heterocycles. The third-order valence-corrected chi connectivity index (χ3v) is 3.89. The lowest BCUT2D eigenvalue weighted by Crippen LogP contribution is -2.34. The van der Waals surface area contributed by atoms with Gasteiger partial charge in [0.05, 0.1) is 6.33 Å². The summed E-state index contributed by atoms with van der Waals surface area (Å²) in [5.41, 5.74) is 2.85. The molecule has 0 bridgehead atoms. The standard InChI is InChI=1S/C16H22N4/c1-13(11-20-9-8-18-12-20)19-16-6-7-17-10-14-4-2-3-5-15(14)16/h2-5,8-9,12-13,16-17,19H,6-7,10-11H2,1H3. The Kier molecular flexibility index (Phi) is 4.14. The lowest BCUT2D eigenvalue weighted by atomic mass is 9.98. The van der Waals surface area contributed by atoms with Crippen LogP contribution in [0.25, 0.3) is 0 Å². The average molecular weight is 270 g/mol. The summed E-state index contributed by atoms with van der Waals surface area (Å²) in [5.74, 6) is 0. The van der Waals surface area contributed by atoms with Gasteiger partial charge in [-0.25, -0.2) is 4.98 Å². The number of aromatic nitrogens is 2. The molecule has 0 radical (unpaired) electrons. The maximum atomic E-state index is 4.10. The molecular formula is C16H22N4. The van der Waals surface area contributed by atoms with E-state index in [0.717, 1.165) is 26.1 Å². The van der Waals surface area contributed by atoms with E-state index in [9.17, 15) is 0 Å². The minimum absolute atomic E-state index is 0.417. The van der Waals surface area contributed by atoms with E-state index in [4.69, 9.17) is 0 Å². The highest BCUT2D eigenvalue weighted by molar-refractivity contribution is 5.31. The van der Waals surface area contributed by atoms with E-state index in [2.05, 4.69) is 51.4 Å². The Morgan fingerprint density at radius 2 is 2.35 bits per heavy atom. The number of nitrogens with zero attached hydrogens (tertiary/aromatic N) is 2. The summed E-state index contributed by atoms with van der Waals surface area (Å²) in [6.45, 7) is 5.22. The van der Waals surface area contributed by atoms with Gasteiger partial charge in [-0.05, 0) is 31.0 Å². The number of nitrogens with one attached hydrogen (secondary N) is 2. The molecule has 106 valence electrons. The lowest BCUT2D eigenvalue weighted by Gasteiger charge is -2.24. The predicted octanol–water partition coefficient (Wildman–Crippen LogP) is 2.10. The quantitative estimate of drug-likeness (QED) is 0.894. The minimum atomic E-state index is 0.417. The third-order valence-electron chi connectivity index (χ3n) is 3.89. The van der Waals surface area contributed by atoms with Crippen LogP contribution >= 0.6 is 0 Å². The highest BCUT2D eigenvalue weighted by Crippen LogP contribution is 2.24. The number of hydrogen-bond acceptors (Lipinski definition) is 3. The molecule has 2 heterocycles. The number of rotatable bonds is 4. The fraction of sp³-hybridized carbons (Fsp3) is 0.438. The Morgan fingerprint density at radius 3 is 3.20 bits per heavy atom. The van der Waals surface area contributed by atoms with E-state index >= 15 is 0 Å². The molecule has 4 nitrogen and oxygen atoms in total. The first-order valence-corrected chi connectivity index (χ1v) is 7.33. The number of benzene rings is 1. The van der Waals surface area contributed by atoms with Crippen LogP contribution in [0.3, 0.4) is 0 Å². The summed E-state index contributed by atoms with van der Waals surface area (Å²) in [6, 6.07) is 9.59. The molecule has 1 aromatic carbocycles. The second-order valence-corrected chi connectivity index (χ2v) is 5.54. The highest BCUT2D eigenvalue weighted by Gasteiger charge is 2.19. The van der Waals surface area contributed by atoms with Crippen molar-refractivity contribution in [2.24, 2.45) is 0 Å². The molecule has 0 spiro atoms. The van der Waals surface area contributed by atoms with Crippen LogP contribution in [0.4, 0.5) is 0 Å². The van der Waals surface area contributed by atoms with Gasteiger partial charge in [0.25, 0.3) is 0 Å². The van der Waals surface area contributed by atoms with Gasteiger partial charge in [0.1, 0.15) is 0 Å². The van der Waals surface area contributed by atoms with Gasteiger partial charge in [0.2, 0.25) is 0 Å². The molecule has 0 amide bonds. The third kappa shape index (κ3) is 3.08. The van der Waals surface area contributed by atoms with Crippen LogP contribution in [-0.2, 0) is 13.1 Å². The van der Waals surface area contributed by atoms with Crippen molar-refractivity contribution in [3.8, 4) is 0 Å². The fourth-order valence-corrected chi connectivity index (χ4v) is 2.94. The normalized spacial score (nSPS) is 20.1. The Morgan fingerprint density at radius 1 is 1.45 bits per heavy atom. The van der Waals surface area contributed by atoms with Crippen LogP contribution in [0.5, 0.6) is 0 Å². The molecule has 0 aliphatic carbocycles. The summed E-state index contributed by atoms with van der Waals surface area (Å²) >= 11 is 0. The van der Waals surface area contributed by atoms with Crippen LogP contribution in [0.15, 0.2) is 43.0 Å². The van der Waals surface area contributed by atoms with Crippen LogP contribution in [-0.4, -0.2) is 22.1 Å². The largest absolute Gasteiger partial charge is 0.336 e. The number of hydrogen-bond donors (Lipinski definition) is 2. The molecule has 1 aromatic heterocycles. The van der Waals surface area contributed by atoms with E-state index in [0.29, 0.717) is 12.1 Å². The fourth-order valence-electron chi connectivity index (χ4n) is 2.94. The van der Waals surface area contributed by atoms with Crippen molar-refractivity contribution in [1.29, 1.82) is 0 Å². The SMILES string of the molecule is CC(Cn1ccnc1)NC1CCNCc2ccccc21. The van der Waals surface area contributed by atoms with Gasteiger partial charge < -0.3 is 15.2 Å². The topological polar surface area (TPSA) is 41.9 Å². The molecule has 3 rings (SSSR count). The van der Waals surface area contributed by atoms with E-state index in [-0.39, 0.29) is 0 Å². The Bertz CT molecular complexity index is 535. The summed E-state index contributed by atoms with van der Waals surface area (Å²) in [4.78, 5) is 4.10. The van der Waals surface area contributed by atoms with Crippen molar-refractivity contribution in [3.05, 3.63) is 54.1 Å². The lowest BCUT2D eigenvalue weighted by molar-refractivity contribution is 0.399. The van der Waals surface area contributed by atoms with Crippen LogP contribution in [0, 0.1) is 0 Å². The zero-order chi connectivity index (χ0) is 13.8. The number of imidazole rings is 1. The molecule has 0 fully saturated rings. The minimum Gasteiger partial charge on any atom is -0.336 e. The highest BCUT2D eigenvalue weighted by atomic mass is 15.1. The molecule has 1 aliphatic rings. The first-order chi connectivity index (χ1) is 9.83. The summed E-state index contributed by atoms with van der Waals surface area (Å²) in [5, 5.41) is 7.26.